The summed E-state index contributed by atoms with van der Waals surface area (Å²) >= 11 is 3.47. The van der Waals surface area contributed by atoms with Crippen molar-refractivity contribution in [3.63, 3.8) is 0 Å². The van der Waals surface area contributed by atoms with Crippen LogP contribution >= 0.6 is 15.9 Å². The molecule has 104 valence electrons. The molecule has 5 heteroatoms. The summed E-state index contributed by atoms with van der Waals surface area (Å²) in [6.45, 7) is 10.0. The van der Waals surface area contributed by atoms with Crippen LogP contribution in [-0.2, 0) is 22.6 Å². The van der Waals surface area contributed by atoms with E-state index in [4.69, 9.17) is 11.3 Å². The van der Waals surface area contributed by atoms with Crippen molar-refractivity contribution >= 4 is 32.8 Å². The van der Waals surface area contributed by atoms with Gasteiger partial charge in [0, 0.05) is 35.0 Å². The van der Waals surface area contributed by atoms with Gasteiger partial charge in [-0.2, -0.15) is 0 Å². The first-order valence-corrected chi connectivity index (χ1v) is 7.15. The molecule has 0 atom stereocenters. The van der Waals surface area contributed by atoms with E-state index in [0.29, 0.717) is 13.2 Å². The van der Waals surface area contributed by atoms with Crippen LogP contribution in [0.15, 0.2) is 28.9 Å². The summed E-state index contributed by atoms with van der Waals surface area (Å²) in [5.41, 5.74) is 2.14. The van der Waals surface area contributed by atoms with Crippen molar-refractivity contribution in [2.24, 2.45) is 0 Å². The molecule has 0 aliphatic rings. The summed E-state index contributed by atoms with van der Waals surface area (Å²) in [6, 6.07) is 6.07. The van der Waals surface area contributed by atoms with E-state index in [1.54, 1.807) is 0 Å². The first kappa shape index (κ1) is 14.6. The van der Waals surface area contributed by atoms with Gasteiger partial charge in [0.1, 0.15) is 0 Å². The number of halogens is 1. The maximum Gasteiger partial charge on any atom is 0.302 e. The van der Waals surface area contributed by atoms with Crippen molar-refractivity contribution in [1.82, 2.24) is 4.57 Å². The highest BCUT2D eigenvalue weighted by atomic mass is 79.9. The monoisotopic (exact) mass is 334 g/mol. The second kappa shape index (κ2) is 6.58. The maximum atomic E-state index is 10.7. The van der Waals surface area contributed by atoms with Crippen molar-refractivity contribution < 1.29 is 9.53 Å². The lowest BCUT2D eigenvalue weighted by atomic mass is 10.2. The fraction of sp³-hybridized carbons (Fsp3) is 0.333. The van der Waals surface area contributed by atoms with E-state index in [1.165, 1.54) is 6.92 Å². The molecule has 0 N–H and O–H groups in total. The molecule has 0 aliphatic carbocycles. The molecule has 0 aliphatic heterocycles. The fourth-order valence-corrected chi connectivity index (χ4v) is 2.54. The van der Waals surface area contributed by atoms with Gasteiger partial charge in [0.25, 0.3) is 0 Å². The van der Waals surface area contributed by atoms with E-state index in [0.717, 1.165) is 33.9 Å². The van der Waals surface area contributed by atoms with Crippen LogP contribution in [0.5, 0.6) is 0 Å². The molecule has 1 heterocycles. The van der Waals surface area contributed by atoms with E-state index < -0.39 is 0 Å². The molecule has 2 aromatic rings. The maximum absolute atomic E-state index is 10.7. The third-order valence-corrected chi connectivity index (χ3v) is 3.52. The largest absolute Gasteiger partial charge is 0.466 e. The number of carbonyl (C=O) groups is 1. The van der Waals surface area contributed by atoms with Crippen LogP contribution in [0.1, 0.15) is 18.9 Å². The molecule has 1 aromatic heterocycles. The summed E-state index contributed by atoms with van der Waals surface area (Å²) < 4.78 is 8.07. The van der Waals surface area contributed by atoms with Crippen LogP contribution < -0.4 is 0 Å². The minimum absolute atomic E-state index is 0.251. The van der Waals surface area contributed by atoms with Gasteiger partial charge >= 0.3 is 5.97 Å². The Hall–Kier alpha value is -1.80. The first-order valence-electron chi connectivity index (χ1n) is 6.35. The van der Waals surface area contributed by atoms with Crippen LogP contribution in [0.4, 0.5) is 0 Å². The minimum atomic E-state index is -0.251. The van der Waals surface area contributed by atoms with Gasteiger partial charge in [-0.05, 0) is 18.6 Å². The second-order valence-electron chi connectivity index (χ2n) is 4.52. The topological polar surface area (TPSA) is 35.6 Å². The second-order valence-corrected chi connectivity index (χ2v) is 5.43. The summed E-state index contributed by atoms with van der Waals surface area (Å²) in [7, 11) is 0. The molecule has 0 saturated carbocycles. The molecular formula is C15H15BrN2O2. The molecule has 0 radical (unpaired) electrons. The Bertz CT molecular complexity index is 670. The van der Waals surface area contributed by atoms with Crippen LogP contribution in [0, 0.1) is 6.57 Å². The normalized spacial score (nSPS) is 10.4. The van der Waals surface area contributed by atoms with E-state index in [2.05, 4.69) is 31.4 Å². The SMILES string of the molecule is [C-]#[N+]Cc1cn(CCCOC(C)=O)c2cc(Br)ccc12. The standard InChI is InChI=1S/C15H15BrN2O2/c1-11(19)20-7-3-6-18-10-12(9-17-2)14-5-4-13(16)8-15(14)18/h4-5,8,10H,3,6-7,9H2,1H3. The Kier molecular flexibility index (Phi) is 4.80. The number of nitrogens with zero attached hydrogens (tertiary/aromatic N) is 2. The summed E-state index contributed by atoms with van der Waals surface area (Å²) in [6.07, 6.45) is 2.77. The molecule has 4 nitrogen and oxygen atoms in total. The van der Waals surface area contributed by atoms with Crippen LogP contribution in [0.25, 0.3) is 15.7 Å². The molecule has 0 bridgehead atoms. The molecule has 20 heavy (non-hydrogen) atoms. The van der Waals surface area contributed by atoms with Crippen LogP contribution in [-0.4, -0.2) is 17.1 Å². The number of benzene rings is 1. The zero-order chi connectivity index (χ0) is 14.5. The molecule has 1 aromatic carbocycles. The number of aromatic nitrogens is 1. The Morgan fingerprint density at radius 3 is 3.00 bits per heavy atom. The molecule has 0 spiro atoms. The van der Waals surface area contributed by atoms with Gasteiger partial charge in [-0.3, -0.25) is 4.79 Å². The molecule has 0 unspecified atom stereocenters. The van der Waals surface area contributed by atoms with Gasteiger partial charge < -0.3 is 14.1 Å². The van der Waals surface area contributed by atoms with E-state index >= 15 is 0 Å². The predicted molar refractivity (Wildman–Crippen MR) is 81.2 cm³/mol. The fourth-order valence-electron chi connectivity index (χ4n) is 2.19. The lowest BCUT2D eigenvalue weighted by Crippen LogP contribution is -2.04. The summed E-state index contributed by atoms with van der Waals surface area (Å²) in [4.78, 5) is 14.2. The molecule has 0 amide bonds. The van der Waals surface area contributed by atoms with Gasteiger partial charge in [0.2, 0.25) is 6.54 Å². The number of carbonyl (C=O) groups excluding carboxylic acids is 1. The van der Waals surface area contributed by atoms with Crippen molar-refractivity contribution in [2.45, 2.75) is 26.4 Å². The van der Waals surface area contributed by atoms with E-state index in [-0.39, 0.29) is 5.97 Å². The third kappa shape index (κ3) is 3.40. The number of hydrogen-bond donors (Lipinski definition) is 0. The molecule has 2 rings (SSSR count). The number of rotatable bonds is 5. The summed E-state index contributed by atoms with van der Waals surface area (Å²) in [5, 5.41) is 1.11. The Morgan fingerprint density at radius 1 is 1.50 bits per heavy atom. The average molecular weight is 335 g/mol. The zero-order valence-electron chi connectivity index (χ0n) is 11.2. The number of fused-ring (bicyclic) bond motifs is 1. The first-order chi connectivity index (χ1) is 9.61. The minimum Gasteiger partial charge on any atom is -0.466 e. The van der Waals surface area contributed by atoms with Gasteiger partial charge in [-0.1, -0.05) is 22.0 Å². The number of hydrogen-bond acceptors (Lipinski definition) is 2. The Balaban J connectivity index is 2.21. The highest BCUT2D eigenvalue weighted by Crippen LogP contribution is 2.26. The van der Waals surface area contributed by atoms with Gasteiger partial charge in [-0.25, -0.2) is 6.57 Å². The Labute approximate surface area is 126 Å². The average Bonchev–Trinajstić information content (AvgIpc) is 2.73. The number of aryl methyl sites for hydroxylation is 1. The summed E-state index contributed by atoms with van der Waals surface area (Å²) in [5.74, 6) is -0.251. The molecule has 0 fully saturated rings. The van der Waals surface area contributed by atoms with Crippen molar-refractivity contribution in [3.05, 3.63) is 45.8 Å². The highest BCUT2D eigenvalue weighted by molar-refractivity contribution is 9.10. The third-order valence-electron chi connectivity index (χ3n) is 3.02. The van der Waals surface area contributed by atoms with E-state index in [1.807, 2.05) is 18.3 Å². The Morgan fingerprint density at radius 2 is 2.30 bits per heavy atom. The van der Waals surface area contributed by atoms with Crippen LogP contribution in [0.3, 0.4) is 0 Å². The number of esters is 1. The van der Waals surface area contributed by atoms with Gasteiger partial charge in [0.15, 0.2) is 0 Å². The highest BCUT2D eigenvalue weighted by Gasteiger charge is 2.10. The predicted octanol–water partition coefficient (Wildman–Crippen LogP) is 3.78. The van der Waals surface area contributed by atoms with Crippen molar-refractivity contribution in [2.75, 3.05) is 6.61 Å². The smallest absolute Gasteiger partial charge is 0.302 e. The lowest BCUT2D eigenvalue weighted by Gasteiger charge is -2.05. The molecule has 0 saturated heterocycles. The van der Waals surface area contributed by atoms with Crippen molar-refractivity contribution in [3.8, 4) is 0 Å². The zero-order valence-corrected chi connectivity index (χ0v) is 12.8. The lowest BCUT2D eigenvalue weighted by molar-refractivity contribution is -0.141. The number of ether oxygens (including phenoxy) is 1. The van der Waals surface area contributed by atoms with E-state index in [9.17, 15) is 4.79 Å². The van der Waals surface area contributed by atoms with Crippen LogP contribution in [0.2, 0.25) is 0 Å². The molecular weight excluding hydrogens is 320 g/mol. The van der Waals surface area contributed by atoms with Gasteiger partial charge in [-0.15, -0.1) is 0 Å². The quantitative estimate of drug-likeness (QED) is 0.474. The van der Waals surface area contributed by atoms with Crippen molar-refractivity contribution in [1.29, 1.82) is 0 Å². The van der Waals surface area contributed by atoms with Gasteiger partial charge in [0.05, 0.1) is 12.2 Å².